The van der Waals surface area contributed by atoms with Crippen LogP contribution in [0.1, 0.15) is 20.3 Å². The standard InChI is InChI=1S/C14H20N2O3S/c1-11(2)7-8-19-9-10-20(17,18)14-15-12-5-3-4-6-13(12)16-14/h3-6,11H,7-10H2,1-2H3,(H,15,16). The maximum absolute atomic E-state index is 12.1. The lowest BCUT2D eigenvalue weighted by molar-refractivity contribution is 0.137. The monoisotopic (exact) mass is 296 g/mol. The summed E-state index contributed by atoms with van der Waals surface area (Å²) in [6, 6.07) is 7.25. The van der Waals surface area contributed by atoms with Gasteiger partial charge in [-0.3, -0.25) is 0 Å². The first kappa shape index (κ1) is 15.0. The van der Waals surface area contributed by atoms with E-state index in [0.717, 1.165) is 11.9 Å². The number of para-hydroxylation sites is 2. The van der Waals surface area contributed by atoms with Crippen molar-refractivity contribution in [2.75, 3.05) is 19.0 Å². The van der Waals surface area contributed by atoms with Gasteiger partial charge >= 0.3 is 0 Å². The highest BCUT2D eigenvalue weighted by Gasteiger charge is 2.18. The second kappa shape index (κ2) is 6.37. The third kappa shape index (κ3) is 3.80. The molecule has 0 bridgehead atoms. The SMILES string of the molecule is CC(C)CCOCCS(=O)(=O)c1nc2ccccc2[nH]1. The molecule has 0 aliphatic heterocycles. The number of hydrogen-bond donors (Lipinski definition) is 1. The molecule has 0 aliphatic rings. The molecule has 0 unspecified atom stereocenters. The number of sulfone groups is 1. The number of nitrogens with one attached hydrogen (secondary N) is 1. The van der Waals surface area contributed by atoms with Gasteiger partial charge in [-0.15, -0.1) is 0 Å². The Morgan fingerprint density at radius 3 is 2.70 bits per heavy atom. The van der Waals surface area contributed by atoms with Crippen molar-refractivity contribution < 1.29 is 13.2 Å². The highest BCUT2D eigenvalue weighted by atomic mass is 32.2. The third-order valence-electron chi connectivity index (χ3n) is 3.00. The summed E-state index contributed by atoms with van der Waals surface area (Å²) in [5.74, 6) is 0.507. The number of aromatic nitrogens is 2. The molecule has 2 rings (SSSR count). The number of H-pyrrole nitrogens is 1. The first-order valence-electron chi connectivity index (χ1n) is 6.74. The van der Waals surface area contributed by atoms with Gasteiger partial charge in [0.2, 0.25) is 15.0 Å². The Balaban J connectivity index is 1.96. The molecule has 0 radical (unpaired) electrons. The summed E-state index contributed by atoms with van der Waals surface area (Å²) in [6.45, 7) is 5.00. The molecule has 0 amide bonds. The van der Waals surface area contributed by atoms with Crippen LogP contribution < -0.4 is 0 Å². The van der Waals surface area contributed by atoms with E-state index < -0.39 is 9.84 Å². The molecule has 0 spiro atoms. The van der Waals surface area contributed by atoms with Crippen LogP contribution in [0.25, 0.3) is 11.0 Å². The number of imidazole rings is 1. The molecule has 6 heteroatoms. The summed E-state index contributed by atoms with van der Waals surface area (Å²) in [5, 5.41) is 0.0196. The first-order chi connectivity index (χ1) is 9.49. The Morgan fingerprint density at radius 2 is 2.00 bits per heavy atom. The zero-order chi connectivity index (χ0) is 14.6. The molecule has 0 atom stereocenters. The molecule has 20 heavy (non-hydrogen) atoms. The van der Waals surface area contributed by atoms with Gasteiger partial charge in [0.15, 0.2) is 0 Å². The molecule has 0 saturated heterocycles. The van der Waals surface area contributed by atoms with Gasteiger partial charge in [0.05, 0.1) is 23.4 Å². The molecule has 0 aliphatic carbocycles. The fourth-order valence-corrected chi connectivity index (χ4v) is 2.80. The van der Waals surface area contributed by atoms with Crippen LogP contribution in [0.5, 0.6) is 0 Å². The largest absolute Gasteiger partial charge is 0.380 e. The Kier molecular flexibility index (Phi) is 4.77. The van der Waals surface area contributed by atoms with Crippen LogP contribution >= 0.6 is 0 Å². The molecule has 0 saturated carbocycles. The zero-order valence-corrected chi connectivity index (χ0v) is 12.6. The predicted octanol–water partition coefficient (Wildman–Crippen LogP) is 2.40. The third-order valence-corrected chi connectivity index (χ3v) is 4.48. The van der Waals surface area contributed by atoms with E-state index in [1.54, 1.807) is 12.1 Å². The molecule has 1 aromatic carbocycles. The first-order valence-corrected chi connectivity index (χ1v) is 8.39. The fourth-order valence-electron chi connectivity index (χ4n) is 1.76. The predicted molar refractivity (Wildman–Crippen MR) is 78.4 cm³/mol. The van der Waals surface area contributed by atoms with E-state index in [0.29, 0.717) is 18.0 Å². The second-order valence-electron chi connectivity index (χ2n) is 5.17. The van der Waals surface area contributed by atoms with Crippen molar-refractivity contribution in [3.8, 4) is 0 Å². The van der Waals surface area contributed by atoms with Crippen LogP contribution in [0.2, 0.25) is 0 Å². The van der Waals surface area contributed by atoms with E-state index in [2.05, 4.69) is 23.8 Å². The van der Waals surface area contributed by atoms with Crippen LogP contribution in [-0.4, -0.2) is 37.4 Å². The summed E-state index contributed by atoms with van der Waals surface area (Å²) in [7, 11) is -3.41. The fraction of sp³-hybridized carbons (Fsp3) is 0.500. The molecular formula is C14H20N2O3S. The molecular weight excluding hydrogens is 276 g/mol. The van der Waals surface area contributed by atoms with Gasteiger partial charge in [0.25, 0.3) is 0 Å². The Hall–Kier alpha value is -1.40. The Morgan fingerprint density at radius 1 is 1.25 bits per heavy atom. The molecule has 1 aromatic heterocycles. The van der Waals surface area contributed by atoms with Crippen molar-refractivity contribution in [3.63, 3.8) is 0 Å². The number of benzene rings is 1. The summed E-state index contributed by atoms with van der Waals surface area (Å²) in [4.78, 5) is 6.95. The van der Waals surface area contributed by atoms with Gasteiger partial charge in [-0.2, -0.15) is 0 Å². The minimum absolute atomic E-state index is 0.0196. The lowest BCUT2D eigenvalue weighted by Crippen LogP contribution is -2.14. The van der Waals surface area contributed by atoms with Crippen molar-refractivity contribution in [3.05, 3.63) is 24.3 Å². The lowest BCUT2D eigenvalue weighted by atomic mass is 10.1. The van der Waals surface area contributed by atoms with E-state index in [1.807, 2.05) is 12.1 Å². The molecule has 1 N–H and O–H groups in total. The van der Waals surface area contributed by atoms with E-state index in [4.69, 9.17) is 4.74 Å². The van der Waals surface area contributed by atoms with E-state index in [-0.39, 0.29) is 17.5 Å². The zero-order valence-electron chi connectivity index (χ0n) is 11.8. The number of hydrogen-bond acceptors (Lipinski definition) is 4. The molecule has 2 aromatic rings. The number of fused-ring (bicyclic) bond motifs is 1. The van der Waals surface area contributed by atoms with Crippen molar-refractivity contribution >= 4 is 20.9 Å². The van der Waals surface area contributed by atoms with Gasteiger partial charge in [0, 0.05) is 6.61 Å². The molecule has 1 heterocycles. The van der Waals surface area contributed by atoms with Gasteiger partial charge in [-0.1, -0.05) is 26.0 Å². The van der Waals surface area contributed by atoms with E-state index in [9.17, 15) is 8.42 Å². The average Bonchev–Trinajstić information content (AvgIpc) is 2.82. The van der Waals surface area contributed by atoms with Gasteiger partial charge < -0.3 is 9.72 Å². The number of rotatable bonds is 7. The van der Waals surface area contributed by atoms with Gasteiger partial charge in [-0.25, -0.2) is 13.4 Å². The number of ether oxygens (including phenoxy) is 1. The summed E-state index contributed by atoms with van der Waals surface area (Å²) >= 11 is 0. The smallest absolute Gasteiger partial charge is 0.226 e. The second-order valence-corrected chi connectivity index (χ2v) is 7.20. The Bertz CT molecular complexity index is 629. The number of nitrogens with zero attached hydrogens (tertiary/aromatic N) is 1. The van der Waals surface area contributed by atoms with Gasteiger partial charge in [-0.05, 0) is 24.5 Å². The van der Waals surface area contributed by atoms with E-state index >= 15 is 0 Å². The summed E-state index contributed by atoms with van der Waals surface area (Å²) in [6.07, 6.45) is 0.935. The minimum Gasteiger partial charge on any atom is -0.380 e. The van der Waals surface area contributed by atoms with Crippen LogP contribution in [0.4, 0.5) is 0 Å². The maximum Gasteiger partial charge on any atom is 0.226 e. The van der Waals surface area contributed by atoms with Gasteiger partial charge in [0.1, 0.15) is 0 Å². The molecule has 5 nitrogen and oxygen atoms in total. The highest BCUT2D eigenvalue weighted by Crippen LogP contribution is 2.14. The highest BCUT2D eigenvalue weighted by molar-refractivity contribution is 7.91. The topological polar surface area (TPSA) is 72.1 Å². The van der Waals surface area contributed by atoms with Crippen LogP contribution in [0.3, 0.4) is 0 Å². The lowest BCUT2D eigenvalue weighted by Gasteiger charge is -2.06. The number of aromatic amines is 1. The van der Waals surface area contributed by atoms with Crippen LogP contribution in [-0.2, 0) is 14.6 Å². The van der Waals surface area contributed by atoms with Crippen LogP contribution in [0.15, 0.2) is 29.4 Å². The van der Waals surface area contributed by atoms with Crippen molar-refractivity contribution in [2.24, 2.45) is 5.92 Å². The van der Waals surface area contributed by atoms with Crippen molar-refractivity contribution in [2.45, 2.75) is 25.4 Å². The normalized spacial score (nSPS) is 12.3. The minimum atomic E-state index is -3.41. The molecule has 110 valence electrons. The van der Waals surface area contributed by atoms with Crippen molar-refractivity contribution in [1.29, 1.82) is 0 Å². The Labute approximate surface area is 119 Å². The quantitative estimate of drug-likeness (QED) is 0.796. The maximum atomic E-state index is 12.1. The average molecular weight is 296 g/mol. The van der Waals surface area contributed by atoms with Crippen molar-refractivity contribution in [1.82, 2.24) is 9.97 Å². The summed E-state index contributed by atoms with van der Waals surface area (Å²) in [5.41, 5.74) is 1.39. The summed E-state index contributed by atoms with van der Waals surface area (Å²) < 4.78 is 29.6. The van der Waals surface area contributed by atoms with E-state index in [1.165, 1.54) is 0 Å². The molecule has 0 fully saturated rings. The van der Waals surface area contributed by atoms with Crippen LogP contribution in [0, 0.1) is 5.92 Å².